The normalized spacial score (nSPS) is 10.8. The average molecular weight is 387 g/mol. The van der Waals surface area contributed by atoms with Crippen molar-refractivity contribution in [3.8, 4) is 0 Å². The highest BCUT2D eigenvalue weighted by Crippen LogP contribution is 2.16. The second-order valence-corrected chi connectivity index (χ2v) is 6.11. The van der Waals surface area contributed by atoms with Gasteiger partial charge < -0.3 is 4.74 Å². The summed E-state index contributed by atoms with van der Waals surface area (Å²) in [6, 6.07) is 12.9. The fourth-order valence-electron chi connectivity index (χ4n) is 2.47. The monoisotopic (exact) mass is 386 g/mol. The Balaban J connectivity index is 2.16. The second kappa shape index (κ2) is 6.97. The average Bonchev–Trinajstić information content (AvgIpc) is 2.57. The number of halogens is 1. The Morgan fingerprint density at radius 3 is 2.67 bits per heavy atom. The first-order valence-corrected chi connectivity index (χ1v) is 8.31. The van der Waals surface area contributed by atoms with E-state index in [1.807, 2.05) is 24.3 Å². The van der Waals surface area contributed by atoms with E-state index in [0.29, 0.717) is 17.8 Å². The van der Waals surface area contributed by atoms with Crippen LogP contribution in [0.3, 0.4) is 0 Å². The molecule has 0 fully saturated rings. The summed E-state index contributed by atoms with van der Waals surface area (Å²) in [5.74, 6) is -0.639. The Bertz CT molecular complexity index is 949. The van der Waals surface area contributed by atoms with E-state index >= 15 is 0 Å². The van der Waals surface area contributed by atoms with Gasteiger partial charge in [-0.1, -0.05) is 34.1 Å². The molecule has 122 valence electrons. The van der Waals surface area contributed by atoms with Gasteiger partial charge in [-0.2, -0.15) is 0 Å². The quantitative estimate of drug-likeness (QED) is 0.645. The van der Waals surface area contributed by atoms with Crippen LogP contribution in [-0.2, 0) is 11.2 Å². The van der Waals surface area contributed by atoms with Gasteiger partial charge in [-0.25, -0.2) is 9.78 Å². The maximum absolute atomic E-state index is 12.7. The topological polar surface area (TPSA) is 60.7 Å². The Morgan fingerprint density at radius 1 is 1.21 bits per heavy atom. The van der Waals surface area contributed by atoms with Crippen molar-refractivity contribution in [1.29, 1.82) is 0 Å². The molecule has 0 aliphatic heterocycles. The molecule has 6 heteroatoms. The van der Waals surface area contributed by atoms with E-state index in [0.717, 1.165) is 10.0 Å². The lowest BCUT2D eigenvalue weighted by molar-refractivity contribution is 0.0522. The molecule has 0 spiro atoms. The standard InChI is InChI=1S/C18H15BrN2O3/c1-2-24-18(23)16-14(11-12-6-8-13(19)9-7-12)20-15-5-3-4-10-21(15)17(16)22/h3-10H,2,11H2,1H3. The number of nitrogens with zero attached hydrogens (tertiary/aromatic N) is 2. The number of hydrogen-bond donors (Lipinski definition) is 0. The molecule has 1 aromatic carbocycles. The summed E-state index contributed by atoms with van der Waals surface area (Å²) in [5.41, 5.74) is 1.46. The van der Waals surface area contributed by atoms with Crippen molar-refractivity contribution in [2.45, 2.75) is 13.3 Å². The van der Waals surface area contributed by atoms with Crippen LogP contribution in [0.25, 0.3) is 5.65 Å². The van der Waals surface area contributed by atoms with Crippen LogP contribution in [0, 0.1) is 0 Å². The molecule has 5 nitrogen and oxygen atoms in total. The molecule has 0 atom stereocenters. The van der Waals surface area contributed by atoms with E-state index in [2.05, 4.69) is 20.9 Å². The van der Waals surface area contributed by atoms with E-state index in [1.54, 1.807) is 31.3 Å². The van der Waals surface area contributed by atoms with Gasteiger partial charge in [0.2, 0.25) is 0 Å². The first-order valence-electron chi connectivity index (χ1n) is 7.52. The molecule has 3 aromatic rings. The van der Waals surface area contributed by atoms with Gasteiger partial charge in [-0.05, 0) is 36.8 Å². The number of benzene rings is 1. The molecule has 3 rings (SSSR count). The number of hydrogen-bond acceptors (Lipinski definition) is 4. The van der Waals surface area contributed by atoms with E-state index < -0.39 is 11.5 Å². The molecular formula is C18H15BrN2O3. The summed E-state index contributed by atoms with van der Waals surface area (Å²) >= 11 is 3.39. The third kappa shape index (κ3) is 3.23. The van der Waals surface area contributed by atoms with Crippen LogP contribution in [0.5, 0.6) is 0 Å². The zero-order valence-corrected chi connectivity index (χ0v) is 14.6. The largest absolute Gasteiger partial charge is 0.462 e. The Kier molecular flexibility index (Phi) is 4.76. The summed E-state index contributed by atoms with van der Waals surface area (Å²) in [4.78, 5) is 29.5. The minimum Gasteiger partial charge on any atom is -0.462 e. The molecule has 2 aromatic heterocycles. The maximum Gasteiger partial charge on any atom is 0.345 e. The summed E-state index contributed by atoms with van der Waals surface area (Å²) in [6.45, 7) is 1.91. The van der Waals surface area contributed by atoms with Gasteiger partial charge in [0.25, 0.3) is 5.56 Å². The van der Waals surface area contributed by atoms with Crippen molar-refractivity contribution in [3.63, 3.8) is 0 Å². The molecular weight excluding hydrogens is 372 g/mol. The number of carbonyl (C=O) groups excluding carboxylic acids is 1. The predicted octanol–water partition coefficient (Wildman–Crippen LogP) is 3.22. The van der Waals surface area contributed by atoms with E-state index in [-0.39, 0.29) is 12.2 Å². The molecule has 0 radical (unpaired) electrons. The molecule has 0 saturated heterocycles. The highest BCUT2D eigenvalue weighted by molar-refractivity contribution is 9.10. The Morgan fingerprint density at radius 2 is 1.96 bits per heavy atom. The van der Waals surface area contributed by atoms with Crippen LogP contribution < -0.4 is 5.56 Å². The summed E-state index contributed by atoms with van der Waals surface area (Å²) in [5, 5.41) is 0. The van der Waals surface area contributed by atoms with E-state index in [9.17, 15) is 9.59 Å². The first kappa shape index (κ1) is 16.4. The molecule has 0 bridgehead atoms. The lowest BCUT2D eigenvalue weighted by Gasteiger charge is -2.10. The third-order valence-electron chi connectivity index (χ3n) is 3.57. The fourth-order valence-corrected chi connectivity index (χ4v) is 2.73. The van der Waals surface area contributed by atoms with E-state index in [1.165, 1.54) is 4.40 Å². The summed E-state index contributed by atoms with van der Waals surface area (Å²) in [6.07, 6.45) is 1.97. The number of aromatic nitrogens is 2. The number of rotatable bonds is 4. The van der Waals surface area contributed by atoms with Crippen LogP contribution in [0.15, 0.2) is 57.9 Å². The molecule has 0 amide bonds. The number of esters is 1. The van der Waals surface area contributed by atoms with Gasteiger partial charge in [0.15, 0.2) is 0 Å². The number of carbonyl (C=O) groups is 1. The van der Waals surface area contributed by atoms with Crippen molar-refractivity contribution >= 4 is 27.5 Å². The molecule has 0 saturated carbocycles. The van der Waals surface area contributed by atoms with Crippen LogP contribution in [0.4, 0.5) is 0 Å². The second-order valence-electron chi connectivity index (χ2n) is 5.19. The van der Waals surface area contributed by atoms with Crippen LogP contribution in [-0.4, -0.2) is 22.0 Å². The molecule has 0 aliphatic rings. The zero-order valence-electron chi connectivity index (χ0n) is 13.0. The summed E-state index contributed by atoms with van der Waals surface area (Å²) < 4.78 is 7.38. The van der Waals surface area contributed by atoms with Crippen molar-refractivity contribution in [2.75, 3.05) is 6.61 Å². The highest BCUT2D eigenvalue weighted by Gasteiger charge is 2.21. The first-order chi connectivity index (χ1) is 11.6. The van der Waals surface area contributed by atoms with Gasteiger partial charge in [0.1, 0.15) is 11.2 Å². The fraction of sp³-hybridized carbons (Fsp3) is 0.167. The summed E-state index contributed by atoms with van der Waals surface area (Å²) in [7, 11) is 0. The Hall–Kier alpha value is -2.47. The van der Waals surface area contributed by atoms with Gasteiger partial charge in [0, 0.05) is 17.1 Å². The Labute approximate surface area is 147 Å². The molecule has 0 unspecified atom stereocenters. The number of pyridine rings is 1. The zero-order chi connectivity index (χ0) is 17.1. The van der Waals surface area contributed by atoms with Gasteiger partial charge in [0.05, 0.1) is 12.3 Å². The molecule has 0 N–H and O–H groups in total. The predicted molar refractivity (Wildman–Crippen MR) is 94.4 cm³/mol. The minimum absolute atomic E-state index is 0.0107. The van der Waals surface area contributed by atoms with Crippen molar-refractivity contribution in [1.82, 2.24) is 9.38 Å². The van der Waals surface area contributed by atoms with Crippen molar-refractivity contribution in [3.05, 3.63) is 80.3 Å². The SMILES string of the molecule is CCOC(=O)c1c(Cc2ccc(Br)cc2)nc2ccccn2c1=O. The number of ether oxygens (including phenoxy) is 1. The lowest BCUT2D eigenvalue weighted by Crippen LogP contribution is -2.27. The number of fused-ring (bicyclic) bond motifs is 1. The lowest BCUT2D eigenvalue weighted by atomic mass is 10.1. The minimum atomic E-state index is -0.639. The molecule has 24 heavy (non-hydrogen) atoms. The third-order valence-corrected chi connectivity index (χ3v) is 4.10. The van der Waals surface area contributed by atoms with Gasteiger partial charge in [-0.3, -0.25) is 9.20 Å². The van der Waals surface area contributed by atoms with Crippen LogP contribution in [0.1, 0.15) is 28.5 Å². The van der Waals surface area contributed by atoms with E-state index in [4.69, 9.17) is 4.74 Å². The van der Waals surface area contributed by atoms with Crippen LogP contribution >= 0.6 is 15.9 Å². The maximum atomic E-state index is 12.7. The van der Waals surface area contributed by atoms with Gasteiger partial charge >= 0.3 is 5.97 Å². The van der Waals surface area contributed by atoms with Crippen molar-refractivity contribution in [2.24, 2.45) is 0 Å². The highest BCUT2D eigenvalue weighted by atomic mass is 79.9. The van der Waals surface area contributed by atoms with Gasteiger partial charge in [-0.15, -0.1) is 0 Å². The molecule has 2 heterocycles. The smallest absolute Gasteiger partial charge is 0.345 e. The molecule has 0 aliphatic carbocycles. The van der Waals surface area contributed by atoms with Crippen molar-refractivity contribution < 1.29 is 9.53 Å². The van der Waals surface area contributed by atoms with Crippen LogP contribution in [0.2, 0.25) is 0 Å².